The van der Waals surface area contributed by atoms with E-state index in [4.69, 9.17) is 9.97 Å². The Kier molecular flexibility index (Phi) is 4.77. The number of hydrogen-bond donors (Lipinski definition) is 0. The van der Waals surface area contributed by atoms with Crippen molar-refractivity contribution in [3.05, 3.63) is 150 Å². The topological polar surface area (TPSA) is 56.6 Å². The number of aromatic nitrogens is 5. The third kappa shape index (κ3) is 3.30. The molecule has 6 heteroatoms. The number of para-hydroxylation sites is 5. The summed E-state index contributed by atoms with van der Waals surface area (Å²) < 4.78 is 6.08. The van der Waals surface area contributed by atoms with Crippen molar-refractivity contribution in [2.24, 2.45) is 0 Å². The predicted molar refractivity (Wildman–Crippen MR) is 183 cm³/mol. The summed E-state index contributed by atoms with van der Waals surface area (Å²) >= 11 is 0. The molecule has 0 saturated carbocycles. The Balaban J connectivity index is 1.29. The van der Waals surface area contributed by atoms with Crippen LogP contribution in [0.2, 0.25) is 0 Å². The maximum absolute atomic E-state index is 14.0. The van der Waals surface area contributed by atoms with Crippen LogP contribution in [0.3, 0.4) is 0 Å². The summed E-state index contributed by atoms with van der Waals surface area (Å²) in [6.07, 6.45) is 0. The van der Waals surface area contributed by atoms with Crippen LogP contribution < -0.4 is 5.56 Å². The van der Waals surface area contributed by atoms with E-state index in [-0.39, 0.29) is 5.56 Å². The molecular weight excluding hydrogens is 554 g/mol. The van der Waals surface area contributed by atoms with Crippen LogP contribution >= 0.6 is 0 Å². The first-order valence-corrected chi connectivity index (χ1v) is 15.0. The van der Waals surface area contributed by atoms with Crippen LogP contribution in [0.4, 0.5) is 0 Å². The van der Waals surface area contributed by atoms with E-state index in [1.807, 2.05) is 65.1 Å². The number of hydrogen-bond acceptors (Lipinski definition) is 3. The lowest BCUT2D eigenvalue weighted by Gasteiger charge is -2.12. The molecule has 6 nitrogen and oxygen atoms in total. The molecule has 0 amide bonds. The lowest BCUT2D eigenvalue weighted by atomic mass is 10.0. The van der Waals surface area contributed by atoms with Crippen molar-refractivity contribution >= 4 is 66.1 Å². The van der Waals surface area contributed by atoms with Crippen molar-refractivity contribution < 1.29 is 0 Å². The number of nitrogens with zero attached hydrogens (tertiary/aromatic N) is 5. The Labute approximate surface area is 255 Å². The minimum atomic E-state index is -0.0943. The van der Waals surface area contributed by atoms with Gasteiger partial charge in [0.15, 0.2) is 0 Å². The summed E-state index contributed by atoms with van der Waals surface area (Å²) in [7, 11) is 0. The highest BCUT2D eigenvalue weighted by molar-refractivity contribution is 6.11. The zero-order valence-corrected chi connectivity index (χ0v) is 23.9. The highest BCUT2D eigenvalue weighted by Crippen LogP contribution is 2.36. The fourth-order valence-corrected chi connectivity index (χ4v) is 6.99. The zero-order chi connectivity index (χ0) is 29.6. The Morgan fingerprint density at radius 2 is 1.07 bits per heavy atom. The number of imidazole rings is 1. The van der Waals surface area contributed by atoms with Gasteiger partial charge in [-0.15, -0.1) is 0 Å². The summed E-state index contributed by atoms with van der Waals surface area (Å²) in [5.74, 6) is 0.554. The molecule has 0 aliphatic heterocycles. The minimum Gasteiger partial charge on any atom is -0.309 e. The third-order valence-electron chi connectivity index (χ3n) is 9.02. The molecule has 10 rings (SSSR count). The van der Waals surface area contributed by atoms with Crippen LogP contribution in [0.1, 0.15) is 0 Å². The highest BCUT2D eigenvalue weighted by atomic mass is 16.1. The van der Waals surface area contributed by atoms with E-state index >= 15 is 0 Å². The SMILES string of the molecule is O=c1c2ccccc2nc2n1c1ccc(-c3ccc4c(c3)c3ccccc3n4-c3ccccc3)cc1c1nc3ccccc3n12. The van der Waals surface area contributed by atoms with Gasteiger partial charge in [0, 0.05) is 21.8 Å². The molecule has 0 bridgehead atoms. The van der Waals surface area contributed by atoms with E-state index in [2.05, 4.69) is 83.4 Å². The molecule has 4 heterocycles. The molecular formula is C39H23N5O. The van der Waals surface area contributed by atoms with Crippen LogP contribution in [-0.4, -0.2) is 23.3 Å². The van der Waals surface area contributed by atoms with Crippen molar-refractivity contribution in [2.45, 2.75) is 0 Å². The second kappa shape index (κ2) is 8.88. The Hall–Kier alpha value is -6.27. The van der Waals surface area contributed by atoms with Gasteiger partial charge in [-0.2, -0.15) is 0 Å². The van der Waals surface area contributed by atoms with Crippen LogP contribution in [-0.2, 0) is 0 Å². The maximum atomic E-state index is 14.0. The van der Waals surface area contributed by atoms with Crippen LogP contribution in [0, 0.1) is 0 Å². The molecule has 4 aromatic heterocycles. The Morgan fingerprint density at radius 3 is 1.89 bits per heavy atom. The van der Waals surface area contributed by atoms with Crippen LogP contribution in [0.15, 0.2) is 144 Å². The number of fused-ring (bicyclic) bond motifs is 12. The molecule has 10 aromatic rings. The van der Waals surface area contributed by atoms with Gasteiger partial charge in [0.2, 0.25) is 5.78 Å². The lowest BCUT2D eigenvalue weighted by Crippen LogP contribution is -2.18. The Bertz CT molecular complexity index is 2900. The van der Waals surface area contributed by atoms with Crippen molar-refractivity contribution in [3.8, 4) is 16.8 Å². The van der Waals surface area contributed by atoms with Gasteiger partial charge in [0.25, 0.3) is 5.56 Å². The molecule has 0 N–H and O–H groups in total. The third-order valence-corrected chi connectivity index (χ3v) is 9.02. The maximum Gasteiger partial charge on any atom is 0.267 e. The van der Waals surface area contributed by atoms with Gasteiger partial charge in [0.05, 0.1) is 38.5 Å². The molecule has 0 saturated heterocycles. The molecule has 0 aliphatic rings. The van der Waals surface area contributed by atoms with E-state index in [0.717, 1.165) is 49.9 Å². The van der Waals surface area contributed by atoms with Crippen molar-refractivity contribution in [3.63, 3.8) is 0 Å². The molecule has 0 atom stereocenters. The summed E-state index contributed by atoms with van der Waals surface area (Å²) in [5, 5.41) is 3.87. The Morgan fingerprint density at radius 1 is 0.444 bits per heavy atom. The standard InChI is InChI=1S/C39H23N5O/c45-38-28-13-4-6-14-31(28)41-39-43-36-17-9-7-15-32(36)40-37(43)30-23-25(19-21-35(30)44(38)39)24-18-20-34-29(22-24)27-12-5-8-16-33(27)42(34)26-10-2-1-3-11-26/h1-23H. The highest BCUT2D eigenvalue weighted by Gasteiger charge is 2.19. The van der Waals surface area contributed by atoms with Gasteiger partial charge in [-0.3, -0.25) is 9.20 Å². The second-order valence-electron chi connectivity index (χ2n) is 11.5. The first-order chi connectivity index (χ1) is 22.2. The zero-order valence-electron chi connectivity index (χ0n) is 23.9. The van der Waals surface area contributed by atoms with Gasteiger partial charge in [-0.05, 0) is 77.9 Å². The van der Waals surface area contributed by atoms with Crippen molar-refractivity contribution in [2.75, 3.05) is 0 Å². The summed E-state index contributed by atoms with van der Waals surface area (Å²) in [6.45, 7) is 0. The van der Waals surface area contributed by atoms with Gasteiger partial charge in [0.1, 0.15) is 5.65 Å². The van der Waals surface area contributed by atoms with Gasteiger partial charge >= 0.3 is 0 Å². The first kappa shape index (κ1) is 24.2. The smallest absolute Gasteiger partial charge is 0.267 e. The van der Waals surface area contributed by atoms with Crippen molar-refractivity contribution in [1.29, 1.82) is 0 Å². The summed E-state index contributed by atoms with van der Waals surface area (Å²) in [5.41, 5.74) is 9.51. The lowest BCUT2D eigenvalue weighted by molar-refractivity contribution is 1.05. The molecule has 0 spiro atoms. The average Bonchev–Trinajstić information content (AvgIpc) is 3.65. The van der Waals surface area contributed by atoms with E-state index < -0.39 is 0 Å². The number of benzene rings is 6. The van der Waals surface area contributed by atoms with Gasteiger partial charge in [-0.25, -0.2) is 14.4 Å². The molecule has 0 radical (unpaired) electrons. The van der Waals surface area contributed by atoms with Gasteiger partial charge in [-0.1, -0.05) is 72.8 Å². The van der Waals surface area contributed by atoms with Crippen LogP contribution in [0.25, 0.3) is 82.9 Å². The molecule has 0 fully saturated rings. The normalized spacial score (nSPS) is 12.1. The van der Waals surface area contributed by atoms with Crippen molar-refractivity contribution in [1.82, 2.24) is 23.3 Å². The van der Waals surface area contributed by atoms with E-state index in [1.54, 1.807) is 4.40 Å². The molecule has 0 unspecified atom stereocenters. The minimum absolute atomic E-state index is 0.0943. The van der Waals surface area contributed by atoms with E-state index in [1.165, 1.54) is 16.3 Å². The molecule has 210 valence electrons. The monoisotopic (exact) mass is 577 g/mol. The quantitative estimate of drug-likeness (QED) is 0.153. The first-order valence-electron chi connectivity index (χ1n) is 15.0. The molecule has 45 heavy (non-hydrogen) atoms. The average molecular weight is 578 g/mol. The summed E-state index contributed by atoms with van der Waals surface area (Å²) in [6, 6.07) is 47.6. The van der Waals surface area contributed by atoms with E-state index in [0.29, 0.717) is 16.7 Å². The second-order valence-corrected chi connectivity index (χ2v) is 11.5. The largest absolute Gasteiger partial charge is 0.309 e. The fourth-order valence-electron chi connectivity index (χ4n) is 6.99. The predicted octanol–water partition coefficient (Wildman–Crippen LogP) is 8.57. The fraction of sp³-hybridized carbons (Fsp3) is 0. The number of rotatable bonds is 2. The van der Waals surface area contributed by atoms with Gasteiger partial charge < -0.3 is 4.57 Å². The molecule has 0 aliphatic carbocycles. The molecule has 6 aromatic carbocycles. The van der Waals surface area contributed by atoms with Crippen LogP contribution in [0.5, 0.6) is 0 Å². The summed E-state index contributed by atoms with van der Waals surface area (Å²) in [4.78, 5) is 24.1. The van der Waals surface area contributed by atoms with E-state index in [9.17, 15) is 4.79 Å².